The minimum atomic E-state index is 0.457. The van der Waals surface area contributed by atoms with Gasteiger partial charge in [0.1, 0.15) is 5.82 Å². The van der Waals surface area contributed by atoms with E-state index in [1.54, 1.807) is 6.20 Å². The van der Waals surface area contributed by atoms with Crippen molar-refractivity contribution in [2.45, 2.75) is 33.2 Å². The van der Waals surface area contributed by atoms with Crippen molar-refractivity contribution in [3.8, 4) is 0 Å². The number of pyridine rings is 1. The summed E-state index contributed by atoms with van der Waals surface area (Å²) < 4.78 is 0. The summed E-state index contributed by atoms with van der Waals surface area (Å²) >= 11 is 0. The van der Waals surface area contributed by atoms with Crippen molar-refractivity contribution in [1.82, 2.24) is 4.98 Å². The van der Waals surface area contributed by atoms with Gasteiger partial charge >= 0.3 is 0 Å². The van der Waals surface area contributed by atoms with Crippen LogP contribution in [0.15, 0.2) is 18.3 Å². The zero-order valence-corrected chi connectivity index (χ0v) is 9.62. The van der Waals surface area contributed by atoms with Crippen LogP contribution >= 0.6 is 0 Å². The second kappa shape index (κ2) is 5.56. The maximum Gasteiger partial charge on any atom is 0.141 e. The van der Waals surface area contributed by atoms with Crippen LogP contribution in [0.5, 0.6) is 0 Å². The van der Waals surface area contributed by atoms with Crippen LogP contribution in [-0.4, -0.2) is 11.0 Å². The molecule has 0 aliphatic rings. The Kier molecular flexibility index (Phi) is 4.37. The zero-order valence-electron chi connectivity index (χ0n) is 9.62. The van der Waals surface area contributed by atoms with Crippen molar-refractivity contribution < 1.29 is 0 Å². The van der Waals surface area contributed by atoms with Gasteiger partial charge in [-0.05, 0) is 25.3 Å². The molecule has 0 aromatic carbocycles. The first-order valence-electron chi connectivity index (χ1n) is 5.31. The summed E-state index contributed by atoms with van der Waals surface area (Å²) in [6.07, 6.45) is 2.88. The average Bonchev–Trinajstić information content (AvgIpc) is 2.16. The van der Waals surface area contributed by atoms with Crippen LogP contribution in [-0.2, 0) is 0 Å². The number of hydrogen-bond acceptors (Lipinski definition) is 4. The summed E-state index contributed by atoms with van der Waals surface area (Å²) in [6, 6.07) is 4.30. The molecular formula is C11H20N4. The van der Waals surface area contributed by atoms with E-state index in [1.807, 2.05) is 12.1 Å². The predicted octanol–water partition coefficient (Wildman–Crippen LogP) is 2.21. The number of hydrazine groups is 1. The number of aromatic nitrogens is 1. The van der Waals surface area contributed by atoms with Crippen molar-refractivity contribution in [1.29, 1.82) is 0 Å². The van der Waals surface area contributed by atoms with E-state index in [0.717, 1.165) is 12.1 Å². The molecule has 1 unspecified atom stereocenters. The minimum absolute atomic E-state index is 0.457. The van der Waals surface area contributed by atoms with Crippen LogP contribution in [0.2, 0.25) is 0 Å². The first-order chi connectivity index (χ1) is 7.11. The number of anilines is 2. The van der Waals surface area contributed by atoms with Crippen LogP contribution in [0.3, 0.4) is 0 Å². The van der Waals surface area contributed by atoms with E-state index >= 15 is 0 Å². The van der Waals surface area contributed by atoms with Gasteiger partial charge in [-0.25, -0.2) is 10.8 Å². The topological polar surface area (TPSA) is 63.0 Å². The molecule has 0 amide bonds. The third-order valence-electron chi connectivity index (χ3n) is 2.15. The molecule has 1 aromatic rings. The van der Waals surface area contributed by atoms with E-state index in [0.29, 0.717) is 17.8 Å². The van der Waals surface area contributed by atoms with E-state index in [-0.39, 0.29) is 0 Å². The summed E-state index contributed by atoms with van der Waals surface area (Å²) in [7, 11) is 0. The van der Waals surface area contributed by atoms with Gasteiger partial charge in [0.2, 0.25) is 0 Å². The van der Waals surface area contributed by atoms with Crippen molar-refractivity contribution in [2.75, 3.05) is 10.7 Å². The molecule has 1 rings (SSSR count). The van der Waals surface area contributed by atoms with Crippen molar-refractivity contribution in [2.24, 2.45) is 11.8 Å². The van der Waals surface area contributed by atoms with Gasteiger partial charge < -0.3 is 10.7 Å². The lowest BCUT2D eigenvalue weighted by Crippen LogP contribution is -2.17. The van der Waals surface area contributed by atoms with Gasteiger partial charge in [-0.15, -0.1) is 0 Å². The standard InChI is InChI=1S/C11H20N4/c1-8(2)6-9(3)14-10-4-5-13-11(7-10)15-12/h4-5,7-9H,6,12H2,1-3H3,(H2,13,14,15). The minimum Gasteiger partial charge on any atom is -0.382 e. The van der Waals surface area contributed by atoms with Crippen LogP contribution in [0.4, 0.5) is 11.5 Å². The Morgan fingerprint density at radius 1 is 1.40 bits per heavy atom. The van der Waals surface area contributed by atoms with Crippen LogP contribution in [0.25, 0.3) is 0 Å². The highest BCUT2D eigenvalue weighted by molar-refractivity contribution is 5.51. The number of nitrogens with two attached hydrogens (primary N) is 1. The average molecular weight is 208 g/mol. The van der Waals surface area contributed by atoms with Crippen LogP contribution in [0.1, 0.15) is 27.2 Å². The molecule has 84 valence electrons. The van der Waals surface area contributed by atoms with Gasteiger partial charge in [0, 0.05) is 24.0 Å². The lowest BCUT2D eigenvalue weighted by Gasteiger charge is -2.17. The maximum absolute atomic E-state index is 5.29. The monoisotopic (exact) mass is 208 g/mol. The SMILES string of the molecule is CC(C)CC(C)Nc1ccnc(NN)c1. The highest BCUT2D eigenvalue weighted by Gasteiger charge is 2.04. The third kappa shape index (κ3) is 4.16. The smallest absolute Gasteiger partial charge is 0.141 e. The van der Waals surface area contributed by atoms with E-state index < -0.39 is 0 Å². The van der Waals surface area contributed by atoms with E-state index in [9.17, 15) is 0 Å². The fourth-order valence-electron chi connectivity index (χ4n) is 1.65. The molecule has 0 bridgehead atoms. The molecule has 4 heteroatoms. The molecule has 0 fully saturated rings. The molecule has 4 nitrogen and oxygen atoms in total. The Hall–Kier alpha value is -1.29. The van der Waals surface area contributed by atoms with Crippen LogP contribution < -0.4 is 16.6 Å². The Balaban J connectivity index is 2.55. The molecule has 1 atom stereocenters. The van der Waals surface area contributed by atoms with Crippen molar-refractivity contribution >= 4 is 11.5 Å². The third-order valence-corrected chi connectivity index (χ3v) is 2.15. The summed E-state index contributed by atoms with van der Waals surface area (Å²) in [6.45, 7) is 6.62. The molecule has 15 heavy (non-hydrogen) atoms. The molecule has 4 N–H and O–H groups in total. The van der Waals surface area contributed by atoms with Crippen molar-refractivity contribution in [3.63, 3.8) is 0 Å². The largest absolute Gasteiger partial charge is 0.382 e. The fraction of sp³-hybridized carbons (Fsp3) is 0.545. The molecule has 0 radical (unpaired) electrons. The number of nitrogen functional groups attached to an aromatic ring is 1. The van der Waals surface area contributed by atoms with Gasteiger partial charge in [-0.2, -0.15) is 0 Å². The van der Waals surface area contributed by atoms with Gasteiger partial charge in [0.25, 0.3) is 0 Å². The maximum atomic E-state index is 5.29. The zero-order chi connectivity index (χ0) is 11.3. The quantitative estimate of drug-likeness (QED) is 0.513. The Bertz CT molecular complexity index is 298. The fourth-order valence-corrected chi connectivity index (χ4v) is 1.65. The second-order valence-corrected chi connectivity index (χ2v) is 4.25. The molecule has 0 aliphatic carbocycles. The normalized spacial score (nSPS) is 12.6. The molecular weight excluding hydrogens is 188 g/mol. The summed E-state index contributed by atoms with van der Waals surface area (Å²) in [5, 5.41) is 3.41. The number of hydrogen-bond donors (Lipinski definition) is 3. The number of nitrogens with one attached hydrogen (secondary N) is 2. The first kappa shape index (κ1) is 11.8. The van der Waals surface area contributed by atoms with E-state index in [1.165, 1.54) is 0 Å². The van der Waals surface area contributed by atoms with E-state index in [2.05, 4.69) is 36.5 Å². The van der Waals surface area contributed by atoms with Crippen molar-refractivity contribution in [3.05, 3.63) is 18.3 Å². The lowest BCUT2D eigenvalue weighted by atomic mass is 10.1. The highest BCUT2D eigenvalue weighted by atomic mass is 15.2. The predicted molar refractivity (Wildman–Crippen MR) is 64.6 cm³/mol. The molecule has 0 saturated carbocycles. The molecule has 0 aliphatic heterocycles. The summed E-state index contributed by atoms with van der Waals surface area (Å²) in [5.41, 5.74) is 3.58. The lowest BCUT2D eigenvalue weighted by molar-refractivity contribution is 0.540. The molecule has 1 heterocycles. The van der Waals surface area contributed by atoms with Gasteiger partial charge in [-0.1, -0.05) is 13.8 Å². The van der Waals surface area contributed by atoms with Crippen LogP contribution in [0, 0.1) is 5.92 Å². The summed E-state index contributed by atoms with van der Waals surface area (Å²) in [5.74, 6) is 6.66. The Morgan fingerprint density at radius 2 is 2.13 bits per heavy atom. The summed E-state index contributed by atoms with van der Waals surface area (Å²) in [4.78, 5) is 4.05. The molecule has 0 spiro atoms. The molecule has 1 aromatic heterocycles. The second-order valence-electron chi connectivity index (χ2n) is 4.25. The van der Waals surface area contributed by atoms with Gasteiger partial charge in [0.05, 0.1) is 0 Å². The Morgan fingerprint density at radius 3 is 2.73 bits per heavy atom. The number of nitrogens with zero attached hydrogens (tertiary/aromatic N) is 1. The van der Waals surface area contributed by atoms with Gasteiger partial charge in [0.15, 0.2) is 0 Å². The Labute approximate surface area is 91.3 Å². The first-order valence-corrected chi connectivity index (χ1v) is 5.31. The number of rotatable bonds is 5. The highest BCUT2D eigenvalue weighted by Crippen LogP contribution is 2.14. The van der Waals surface area contributed by atoms with Gasteiger partial charge in [-0.3, -0.25) is 0 Å². The van der Waals surface area contributed by atoms with E-state index in [4.69, 9.17) is 5.84 Å². The molecule has 0 saturated heterocycles.